The number of nitrogens with one attached hydrogen (secondary N) is 2. The van der Waals surface area contributed by atoms with Gasteiger partial charge in [0.05, 0.1) is 23.5 Å². The molecule has 336 valence electrons. The third-order valence-corrected chi connectivity index (χ3v) is 11.9. The van der Waals surface area contributed by atoms with Gasteiger partial charge in [-0.1, -0.05) is 38.1 Å². The molecule has 0 unspecified atom stereocenters. The largest absolute Gasteiger partial charge is 0.457 e. The molecule has 12 nitrogen and oxygen atoms in total. The van der Waals surface area contributed by atoms with Crippen molar-refractivity contribution in [2.75, 3.05) is 30.6 Å². The van der Waals surface area contributed by atoms with Gasteiger partial charge in [0.1, 0.15) is 23.0 Å². The molecule has 1 heterocycles. The summed E-state index contributed by atoms with van der Waals surface area (Å²) in [5.74, 6) is -0.103. The van der Waals surface area contributed by atoms with Gasteiger partial charge in [0, 0.05) is 47.5 Å². The summed E-state index contributed by atoms with van der Waals surface area (Å²) in [6.07, 6.45) is 0. The second-order valence-electron chi connectivity index (χ2n) is 17.4. The van der Waals surface area contributed by atoms with E-state index in [9.17, 15) is 28.8 Å². The number of aryl methyl sites for hydroxylation is 4. The van der Waals surface area contributed by atoms with Crippen LogP contribution < -0.4 is 29.9 Å². The van der Waals surface area contributed by atoms with Gasteiger partial charge >= 0.3 is 0 Å². The van der Waals surface area contributed by atoms with E-state index in [2.05, 4.69) is 67.5 Å². The molecule has 0 aliphatic carbocycles. The zero-order chi connectivity index (χ0) is 47.8. The van der Waals surface area contributed by atoms with Crippen LogP contribution in [-0.2, 0) is 5.41 Å². The lowest BCUT2D eigenvalue weighted by atomic mass is 9.76. The fraction of sp³-hybridized carbons (Fsp3) is 0.222. The molecule has 12 heteroatoms. The number of benzene rings is 6. The van der Waals surface area contributed by atoms with Crippen LogP contribution in [0.25, 0.3) is 0 Å². The predicted molar refractivity (Wildman–Crippen MR) is 255 cm³/mol. The lowest BCUT2D eigenvalue weighted by Gasteiger charge is -2.29. The lowest BCUT2D eigenvalue weighted by molar-refractivity contribution is 0.0908. The standard InChI is InChI=1S/C54H52N4O8/c1-30-23-38(24-31(2)48(30)65-42-17-13-40(14-18-42)57(9)10)54(7,8)39-25-32(3)49(33(4)26-39)66-43-19-15-41(16-20-43)58-52(63)45-22-12-37(28-47(45)53(58)64)51(62)56-29-55-50(61)36-11-21-44(34(5)59)46(27-36)35(6)60/h11-28H,29H2,1-10H3,(H,55,61)(H,56,62). The van der Waals surface area contributed by atoms with Crippen molar-refractivity contribution in [3.63, 3.8) is 0 Å². The van der Waals surface area contributed by atoms with E-state index >= 15 is 0 Å². The molecule has 2 N–H and O–H groups in total. The van der Waals surface area contributed by atoms with Crippen molar-refractivity contribution >= 4 is 46.6 Å². The van der Waals surface area contributed by atoms with Gasteiger partial charge in [-0.25, -0.2) is 4.90 Å². The second kappa shape index (κ2) is 18.3. The minimum absolute atomic E-state index is 0.0641. The van der Waals surface area contributed by atoms with Gasteiger partial charge in [-0.05, 0) is 160 Å². The van der Waals surface area contributed by atoms with Gasteiger partial charge in [0.25, 0.3) is 23.6 Å². The summed E-state index contributed by atoms with van der Waals surface area (Å²) in [5, 5.41) is 5.13. The van der Waals surface area contributed by atoms with Crippen molar-refractivity contribution in [2.24, 2.45) is 0 Å². The number of hydrogen-bond donors (Lipinski definition) is 2. The Kier molecular flexibility index (Phi) is 12.8. The Bertz CT molecular complexity index is 2920. The van der Waals surface area contributed by atoms with Crippen molar-refractivity contribution in [1.29, 1.82) is 0 Å². The van der Waals surface area contributed by atoms with Crippen LogP contribution in [0, 0.1) is 27.7 Å². The van der Waals surface area contributed by atoms with Crippen LogP contribution in [0.3, 0.4) is 0 Å². The van der Waals surface area contributed by atoms with Crippen molar-refractivity contribution in [1.82, 2.24) is 10.6 Å². The monoisotopic (exact) mass is 884 g/mol. The summed E-state index contributed by atoms with van der Waals surface area (Å²) in [4.78, 5) is 80.1. The molecule has 0 spiro atoms. The minimum atomic E-state index is -0.593. The number of fused-ring (bicyclic) bond motifs is 1. The average molecular weight is 885 g/mol. The summed E-state index contributed by atoms with van der Waals surface area (Å²) in [6.45, 7) is 15.0. The maximum atomic E-state index is 13.7. The van der Waals surface area contributed by atoms with Gasteiger partial charge in [-0.3, -0.25) is 28.8 Å². The molecule has 0 fully saturated rings. The summed E-state index contributed by atoms with van der Waals surface area (Å²) in [7, 11) is 4.02. The number of carbonyl (C=O) groups is 6. The number of carbonyl (C=O) groups excluding carboxylic acids is 6. The zero-order valence-electron chi connectivity index (χ0n) is 38.8. The van der Waals surface area contributed by atoms with Gasteiger partial charge < -0.3 is 25.0 Å². The van der Waals surface area contributed by atoms with Gasteiger partial charge in [0.2, 0.25) is 0 Å². The van der Waals surface area contributed by atoms with E-state index in [0.29, 0.717) is 17.2 Å². The van der Waals surface area contributed by atoms with Crippen LogP contribution >= 0.6 is 0 Å². The molecule has 6 aromatic carbocycles. The lowest BCUT2D eigenvalue weighted by Crippen LogP contribution is -2.37. The van der Waals surface area contributed by atoms with Gasteiger partial charge in [0.15, 0.2) is 11.6 Å². The molecular weight excluding hydrogens is 833 g/mol. The second-order valence-corrected chi connectivity index (χ2v) is 17.4. The van der Waals surface area contributed by atoms with E-state index in [0.717, 1.165) is 55.5 Å². The van der Waals surface area contributed by atoms with E-state index in [1.54, 1.807) is 24.3 Å². The first-order valence-corrected chi connectivity index (χ1v) is 21.5. The molecule has 0 radical (unpaired) electrons. The summed E-state index contributed by atoms with van der Waals surface area (Å²) in [6, 6.07) is 31.8. The number of Topliss-reactive ketones (excluding diaryl/α,β-unsaturated/α-hetero) is 2. The number of rotatable bonds is 14. The van der Waals surface area contributed by atoms with Crippen LogP contribution in [0.15, 0.2) is 109 Å². The normalized spacial score (nSPS) is 12.1. The van der Waals surface area contributed by atoms with Gasteiger partial charge in [-0.2, -0.15) is 0 Å². The maximum absolute atomic E-state index is 13.7. The quantitative estimate of drug-likeness (QED) is 0.0619. The third kappa shape index (κ3) is 9.21. The minimum Gasteiger partial charge on any atom is -0.457 e. The highest BCUT2D eigenvalue weighted by molar-refractivity contribution is 6.34. The molecule has 66 heavy (non-hydrogen) atoms. The fourth-order valence-corrected chi connectivity index (χ4v) is 8.13. The maximum Gasteiger partial charge on any atom is 0.266 e. The highest BCUT2D eigenvalue weighted by atomic mass is 16.5. The summed E-state index contributed by atoms with van der Waals surface area (Å²) >= 11 is 0. The van der Waals surface area contributed by atoms with Crippen LogP contribution in [-0.4, -0.2) is 56.0 Å². The van der Waals surface area contributed by atoms with E-state index in [-0.39, 0.29) is 57.0 Å². The predicted octanol–water partition coefficient (Wildman–Crippen LogP) is 10.2. The molecule has 4 amide bonds. The smallest absolute Gasteiger partial charge is 0.266 e. The molecule has 0 atom stereocenters. The van der Waals surface area contributed by atoms with Crippen molar-refractivity contribution in [3.8, 4) is 23.0 Å². The number of anilines is 2. The topological polar surface area (TPSA) is 151 Å². The molecule has 0 saturated heterocycles. The van der Waals surface area contributed by atoms with Gasteiger partial charge in [-0.15, -0.1) is 0 Å². The molecular formula is C54H52N4O8. The molecule has 0 bridgehead atoms. The Balaban J connectivity index is 0.992. The SMILES string of the molecule is CC(=O)c1ccc(C(=O)NCNC(=O)c2ccc3c(c2)C(=O)N(c2ccc(Oc4c(C)cc(C(C)(C)c5cc(C)c(Oc6ccc(N(C)C)cc6)c(C)c5)cc4C)cc2)C3=O)cc1C(C)=O. The Morgan fingerprint density at radius 2 is 1.00 bits per heavy atom. The number of ketones is 2. The molecule has 7 rings (SSSR count). The highest BCUT2D eigenvalue weighted by Crippen LogP contribution is 2.41. The number of ether oxygens (including phenoxy) is 2. The van der Waals surface area contributed by atoms with Crippen LogP contribution in [0.1, 0.15) is 123 Å². The van der Waals surface area contributed by atoms with E-state index in [1.165, 1.54) is 50.2 Å². The third-order valence-electron chi connectivity index (χ3n) is 11.9. The summed E-state index contributed by atoms with van der Waals surface area (Å²) < 4.78 is 12.8. The van der Waals surface area contributed by atoms with Crippen LogP contribution in [0.2, 0.25) is 0 Å². The van der Waals surface area contributed by atoms with Crippen LogP contribution in [0.5, 0.6) is 23.0 Å². The van der Waals surface area contributed by atoms with Crippen molar-refractivity contribution < 1.29 is 38.2 Å². The Hall–Kier alpha value is -7.86. The molecule has 0 aromatic heterocycles. The van der Waals surface area contributed by atoms with E-state index < -0.39 is 23.6 Å². The number of amides is 4. The average Bonchev–Trinajstić information content (AvgIpc) is 3.53. The first-order chi connectivity index (χ1) is 31.2. The Labute approximate surface area is 384 Å². The molecule has 1 aliphatic rings. The number of imide groups is 1. The van der Waals surface area contributed by atoms with Crippen molar-refractivity contribution in [2.45, 2.75) is 60.8 Å². The summed E-state index contributed by atoms with van der Waals surface area (Å²) in [5.41, 5.74) is 8.16. The zero-order valence-corrected chi connectivity index (χ0v) is 38.8. The number of nitrogens with zero attached hydrogens (tertiary/aromatic N) is 2. The van der Waals surface area contributed by atoms with E-state index in [1.807, 2.05) is 52.2 Å². The van der Waals surface area contributed by atoms with Crippen molar-refractivity contribution in [3.05, 3.63) is 176 Å². The first kappa shape index (κ1) is 46.1. The Morgan fingerprint density at radius 3 is 1.47 bits per heavy atom. The molecule has 1 aliphatic heterocycles. The first-order valence-electron chi connectivity index (χ1n) is 21.5. The highest BCUT2D eigenvalue weighted by Gasteiger charge is 2.37. The van der Waals surface area contributed by atoms with Crippen LogP contribution in [0.4, 0.5) is 11.4 Å². The molecule has 6 aromatic rings. The van der Waals surface area contributed by atoms with E-state index in [4.69, 9.17) is 9.47 Å². The Morgan fingerprint density at radius 1 is 0.561 bits per heavy atom. The molecule has 0 saturated carbocycles. The number of hydrogen-bond acceptors (Lipinski definition) is 9. The fourth-order valence-electron chi connectivity index (χ4n) is 8.13.